The summed E-state index contributed by atoms with van der Waals surface area (Å²) in [6.45, 7) is 14.1. The fraction of sp³-hybridized carbons (Fsp3) is 0.706. The Morgan fingerprint density at radius 2 is 2.00 bits per heavy atom. The van der Waals surface area contributed by atoms with Gasteiger partial charge in [0.05, 0.1) is 12.8 Å². The maximum absolute atomic E-state index is 10.5. The number of likely N-dealkylation sites (N-methyl/N-ethyl adjacent to an activating group) is 1. The third-order valence-electron chi connectivity index (χ3n) is 3.94. The fourth-order valence-corrected chi connectivity index (χ4v) is 2.46. The molecule has 1 aromatic heterocycles. The minimum absolute atomic E-state index is 0. The fourth-order valence-electron chi connectivity index (χ4n) is 2.46. The van der Waals surface area contributed by atoms with E-state index in [1.54, 1.807) is 25.3 Å². The van der Waals surface area contributed by atoms with Gasteiger partial charge in [-0.3, -0.25) is 4.90 Å². The number of aliphatic hydroxyl groups is 1. The Balaban J connectivity index is 0.00000529. The van der Waals surface area contributed by atoms with E-state index in [1.807, 2.05) is 6.92 Å². The number of halogens is 1. The molecule has 0 saturated carbocycles. The summed E-state index contributed by atoms with van der Waals surface area (Å²) in [5.74, 6) is 1.23. The molecule has 1 rings (SSSR count). The van der Waals surface area contributed by atoms with Crippen LogP contribution in [0.2, 0.25) is 0 Å². The van der Waals surface area contributed by atoms with Gasteiger partial charge in [0.2, 0.25) is 0 Å². The molecule has 0 aliphatic heterocycles. The molecular formula is C17H33IN4O2. The van der Waals surface area contributed by atoms with E-state index in [2.05, 4.69) is 41.3 Å². The summed E-state index contributed by atoms with van der Waals surface area (Å²) >= 11 is 0. The SMILES string of the molecule is CCNC(=NCC(C)(O)c1ccco1)NCC(C)N(CC)CC.I. The molecule has 24 heavy (non-hydrogen) atoms. The van der Waals surface area contributed by atoms with Gasteiger partial charge in [-0.05, 0) is 46.0 Å². The van der Waals surface area contributed by atoms with Crippen molar-refractivity contribution in [2.45, 2.75) is 46.3 Å². The van der Waals surface area contributed by atoms with Crippen molar-refractivity contribution >= 4 is 29.9 Å². The predicted octanol–water partition coefficient (Wildman–Crippen LogP) is 2.39. The topological polar surface area (TPSA) is 73.0 Å². The minimum atomic E-state index is -1.11. The van der Waals surface area contributed by atoms with Gasteiger partial charge >= 0.3 is 0 Å². The largest absolute Gasteiger partial charge is 0.466 e. The number of aliphatic imine (C=N–C) groups is 1. The van der Waals surface area contributed by atoms with Crippen LogP contribution in [0.25, 0.3) is 0 Å². The summed E-state index contributed by atoms with van der Waals surface area (Å²) in [6.07, 6.45) is 1.56. The highest BCUT2D eigenvalue weighted by Crippen LogP contribution is 2.20. The number of guanidine groups is 1. The van der Waals surface area contributed by atoms with Crippen LogP contribution < -0.4 is 10.6 Å². The van der Waals surface area contributed by atoms with Crippen molar-refractivity contribution in [2.75, 3.05) is 32.7 Å². The standard InChI is InChI=1S/C17H32N4O2.HI/c1-6-18-16(19-12-14(4)21(7-2)8-3)20-13-17(5,22)15-10-9-11-23-15;/h9-11,14,22H,6-8,12-13H2,1-5H3,(H2,18,19,20);1H. The second-order valence-electron chi connectivity index (χ2n) is 5.90. The van der Waals surface area contributed by atoms with Crippen molar-refractivity contribution in [1.29, 1.82) is 0 Å². The van der Waals surface area contributed by atoms with Gasteiger partial charge in [0, 0.05) is 19.1 Å². The zero-order valence-electron chi connectivity index (χ0n) is 15.5. The maximum atomic E-state index is 10.5. The number of furan rings is 1. The lowest BCUT2D eigenvalue weighted by Gasteiger charge is -2.27. The lowest BCUT2D eigenvalue weighted by Crippen LogP contribution is -2.46. The van der Waals surface area contributed by atoms with Gasteiger partial charge in [0.15, 0.2) is 5.96 Å². The third kappa shape index (κ3) is 7.40. The second kappa shape index (κ2) is 11.7. The van der Waals surface area contributed by atoms with Crippen molar-refractivity contribution in [3.05, 3.63) is 24.2 Å². The predicted molar refractivity (Wildman–Crippen MR) is 110 cm³/mol. The van der Waals surface area contributed by atoms with E-state index >= 15 is 0 Å². The number of hydrogen-bond acceptors (Lipinski definition) is 4. The lowest BCUT2D eigenvalue weighted by molar-refractivity contribution is 0.0437. The van der Waals surface area contributed by atoms with Crippen molar-refractivity contribution in [1.82, 2.24) is 15.5 Å². The highest BCUT2D eigenvalue weighted by atomic mass is 127. The van der Waals surface area contributed by atoms with Crippen LogP contribution in [-0.4, -0.2) is 54.7 Å². The zero-order valence-corrected chi connectivity index (χ0v) is 17.8. The quantitative estimate of drug-likeness (QED) is 0.305. The molecular weight excluding hydrogens is 419 g/mol. The molecule has 6 nitrogen and oxygen atoms in total. The number of hydrogen-bond donors (Lipinski definition) is 3. The van der Waals surface area contributed by atoms with Crippen molar-refractivity contribution in [3.8, 4) is 0 Å². The molecule has 1 heterocycles. The molecule has 0 saturated heterocycles. The van der Waals surface area contributed by atoms with E-state index in [9.17, 15) is 5.11 Å². The van der Waals surface area contributed by atoms with Gasteiger partial charge in [-0.25, -0.2) is 4.99 Å². The summed E-state index contributed by atoms with van der Waals surface area (Å²) < 4.78 is 5.28. The zero-order chi connectivity index (χ0) is 17.3. The highest BCUT2D eigenvalue weighted by Gasteiger charge is 2.26. The summed E-state index contributed by atoms with van der Waals surface area (Å²) in [4.78, 5) is 6.87. The monoisotopic (exact) mass is 452 g/mol. The van der Waals surface area contributed by atoms with Gasteiger partial charge in [0.1, 0.15) is 11.4 Å². The van der Waals surface area contributed by atoms with Crippen molar-refractivity contribution in [2.24, 2.45) is 4.99 Å². The van der Waals surface area contributed by atoms with Gasteiger partial charge in [-0.15, -0.1) is 24.0 Å². The van der Waals surface area contributed by atoms with Crippen LogP contribution in [0, 0.1) is 0 Å². The normalized spacial score (nSPS) is 15.5. The summed E-state index contributed by atoms with van der Waals surface area (Å²) in [7, 11) is 0. The lowest BCUT2D eigenvalue weighted by atomic mass is 10.0. The van der Waals surface area contributed by atoms with E-state index < -0.39 is 5.60 Å². The van der Waals surface area contributed by atoms with E-state index in [0.717, 1.165) is 26.2 Å². The number of nitrogens with zero attached hydrogens (tertiary/aromatic N) is 2. The molecule has 0 amide bonds. The number of nitrogens with one attached hydrogen (secondary N) is 2. The highest BCUT2D eigenvalue weighted by molar-refractivity contribution is 14.0. The Hall–Kier alpha value is -0.800. The maximum Gasteiger partial charge on any atom is 0.191 e. The van der Waals surface area contributed by atoms with Crippen LogP contribution >= 0.6 is 24.0 Å². The molecule has 0 spiro atoms. The Morgan fingerprint density at radius 3 is 2.50 bits per heavy atom. The molecule has 3 N–H and O–H groups in total. The molecule has 0 radical (unpaired) electrons. The first-order valence-corrected chi connectivity index (χ1v) is 8.47. The molecule has 1 aromatic rings. The third-order valence-corrected chi connectivity index (χ3v) is 3.94. The first-order valence-electron chi connectivity index (χ1n) is 8.47. The van der Waals surface area contributed by atoms with Crippen molar-refractivity contribution < 1.29 is 9.52 Å². The number of rotatable bonds is 9. The average molecular weight is 452 g/mol. The molecule has 0 aliphatic carbocycles. The summed E-state index contributed by atoms with van der Waals surface area (Å²) in [5, 5.41) is 17.0. The van der Waals surface area contributed by atoms with E-state index in [4.69, 9.17) is 4.42 Å². The van der Waals surface area contributed by atoms with Crippen LogP contribution in [0.15, 0.2) is 27.8 Å². The second-order valence-corrected chi connectivity index (χ2v) is 5.90. The minimum Gasteiger partial charge on any atom is -0.466 e. The van der Waals surface area contributed by atoms with Crippen LogP contribution in [0.1, 0.15) is 40.4 Å². The van der Waals surface area contributed by atoms with Crippen LogP contribution in [-0.2, 0) is 5.60 Å². The Kier molecular flexibility index (Phi) is 11.3. The molecule has 0 bridgehead atoms. The van der Waals surface area contributed by atoms with Crippen LogP contribution in [0.3, 0.4) is 0 Å². The first-order chi connectivity index (χ1) is 10.9. The molecule has 2 atom stereocenters. The van der Waals surface area contributed by atoms with E-state index in [-0.39, 0.29) is 30.5 Å². The van der Waals surface area contributed by atoms with Crippen LogP contribution in [0.5, 0.6) is 0 Å². The molecule has 0 aliphatic rings. The van der Waals surface area contributed by atoms with Gasteiger partial charge in [0.25, 0.3) is 0 Å². The van der Waals surface area contributed by atoms with Gasteiger partial charge in [-0.1, -0.05) is 13.8 Å². The molecule has 0 fully saturated rings. The smallest absolute Gasteiger partial charge is 0.191 e. The van der Waals surface area contributed by atoms with Gasteiger partial charge in [-0.2, -0.15) is 0 Å². The van der Waals surface area contributed by atoms with Crippen molar-refractivity contribution in [3.63, 3.8) is 0 Å². The van der Waals surface area contributed by atoms with E-state index in [0.29, 0.717) is 17.8 Å². The molecule has 7 heteroatoms. The Morgan fingerprint density at radius 1 is 1.33 bits per heavy atom. The molecule has 2 unspecified atom stereocenters. The molecule has 0 aromatic carbocycles. The first kappa shape index (κ1) is 23.2. The molecule has 140 valence electrons. The summed E-state index contributed by atoms with van der Waals surface area (Å²) in [6, 6.07) is 3.94. The Bertz CT molecular complexity index is 459. The van der Waals surface area contributed by atoms with Gasteiger partial charge < -0.3 is 20.2 Å². The van der Waals surface area contributed by atoms with Crippen LogP contribution in [0.4, 0.5) is 0 Å². The average Bonchev–Trinajstić information content (AvgIpc) is 3.06. The summed E-state index contributed by atoms with van der Waals surface area (Å²) in [5.41, 5.74) is -1.11. The van der Waals surface area contributed by atoms with E-state index in [1.165, 1.54) is 0 Å². The Labute approximate surface area is 163 Å².